The summed E-state index contributed by atoms with van der Waals surface area (Å²) in [6.07, 6.45) is 3.11. The summed E-state index contributed by atoms with van der Waals surface area (Å²) in [5, 5.41) is 8.74. The minimum absolute atomic E-state index is 0.423. The van der Waals surface area contributed by atoms with Gasteiger partial charge in [-0.1, -0.05) is 32.4 Å². The topological polar surface area (TPSA) is 29.9 Å². The molecule has 0 radical (unpaired) electrons. The van der Waals surface area contributed by atoms with E-state index in [1.165, 1.54) is 11.3 Å². The van der Waals surface area contributed by atoms with E-state index in [9.17, 15) is 0 Å². The van der Waals surface area contributed by atoms with E-state index in [0.717, 1.165) is 30.2 Å². The minimum Gasteiger partial charge on any atom is -0.313 e. The summed E-state index contributed by atoms with van der Waals surface area (Å²) >= 11 is 5.95. The first kappa shape index (κ1) is 15.1. The fourth-order valence-electron chi connectivity index (χ4n) is 2.33. The molecule has 0 spiro atoms. The number of halogens is 1. The molecular formula is C16H22ClN3. The van der Waals surface area contributed by atoms with Crippen LogP contribution in [0.2, 0.25) is 5.02 Å². The molecule has 4 heteroatoms. The molecule has 0 unspecified atom stereocenters. The molecule has 0 saturated heterocycles. The predicted octanol–water partition coefficient (Wildman–Crippen LogP) is 4.15. The van der Waals surface area contributed by atoms with E-state index in [1.54, 1.807) is 0 Å². The van der Waals surface area contributed by atoms with Gasteiger partial charge in [0.15, 0.2) is 0 Å². The van der Waals surface area contributed by atoms with Crippen LogP contribution in [0.15, 0.2) is 30.5 Å². The van der Waals surface area contributed by atoms with Crippen molar-refractivity contribution in [2.75, 3.05) is 6.54 Å². The van der Waals surface area contributed by atoms with Crippen LogP contribution in [0.25, 0.3) is 5.69 Å². The SMILES string of the molecule is CCCNCc1cnn(-c2ccc(Cl)cc2)c1C(C)C. The van der Waals surface area contributed by atoms with E-state index >= 15 is 0 Å². The first-order valence-corrected chi connectivity index (χ1v) is 7.54. The molecule has 3 nitrogen and oxygen atoms in total. The Hall–Kier alpha value is -1.32. The Morgan fingerprint density at radius 3 is 2.55 bits per heavy atom. The molecule has 0 aliphatic carbocycles. The van der Waals surface area contributed by atoms with Crippen molar-refractivity contribution in [1.82, 2.24) is 15.1 Å². The molecule has 0 bridgehead atoms. The highest BCUT2D eigenvalue weighted by atomic mass is 35.5. The molecule has 20 heavy (non-hydrogen) atoms. The highest BCUT2D eigenvalue weighted by Gasteiger charge is 2.15. The van der Waals surface area contributed by atoms with Gasteiger partial charge in [-0.2, -0.15) is 5.10 Å². The van der Waals surface area contributed by atoms with Gasteiger partial charge < -0.3 is 5.32 Å². The summed E-state index contributed by atoms with van der Waals surface area (Å²) in [7, 11) is 0. The van der Waals surface area contributed by atoms with Gasteiger partial charge in [0.2, 0.25) is 0 Å². The van der Waals surface area contributed by atoms with Gasteiger partial charge in [-0.05, 0) is 43.1 Å². The average Bonchev–Trinajstić information content (AvgIpc) is 2.84. The van der Waals surface area contributed by atoms with Gasteiger partial charge in [-0.3, -0.25) is 0 Å². The summed E-state index contributed by atoms with van der Waals surface area (Å²) in [6, 6.07) is 7.81. The van der Waals surface area contributed by atoms with E-state index in [2.05, 4.69) is 31.2 Å². The Labute approximate surface area is 126 Å². The van der Waals surface area contributed by atoms with Crippen LogP contribution < -0.4 is 5.32 Å². The van der Waals surface area contributed by atoms with Gasteiger partial charge in [0, 0.05) is 17.1 Å². The second kappa shape index (κ2) is 6.91. The van der Waals surface area contributed by atoms with Gasteiger partial charge in [0.1, 0.15) is 0 Å². The van der Waals surface area contributed by atoms with Crippen LogP contribution >= 0.6 is 11.6 Å². The largest absolute Gasteiger partial charge is 0.313 e. The third kappa shape index (κ3) is 3.41. The fourth-order valence-corrected chi connectivity index (χ4v) is 2.46. The summed E-state index contributed by atoms with van der Waals surface area (Å²) in [5.41, 5.74) is 3.58. The summed E-state index contributed by atoms with van der Waals surface area (Å²) < 4.78 is 2.02. The van der Waals surface area contributed by atoms with E-state index in [-0.39, 0.29) is 0 Å². The quantitative estimate of drug-likeness (QED) is 0.810. The number of rotatable bonds is 6. The second-order valence-corrected chi connectivity index (χ2v) is 5.71. The summed E-state index contributed by atoms with van der Waals surface area (Å²) in [5.74, 6) is 0.423. The number of hydrogen-bond donors (Lipinski definition) is 1. The molecule has 0 amide bonds. The highest BCUT2D eigenvalue weighted by Crippen LogP contribution is 2.23. The van der Waals surface area contributed by atoms with Crippen LogP contribution in [-0.2, 0) is 6.54 Å². The van der Waals surface area contributed by atoms with E-state index in [0.29, 0.717) is 5.92 Å². The van der Waals surface area contributed by atoms with Crippen molar-refractivity contribution in [3.63, 3.8) is 0 Å². The lowest BCUT2D eigenvalue weighted by Gasteiger charge is -2.13. The lowest BCUT2D eigenvalue weighted by Crippen LogP contribution is -2.15. The van der Waals surface area contributed by atoms with Crippen molar-refractivity contribution in [2.45, 2.75) is 39.7 Å². The van der Waals surface area contributed by atoms with Crippen LogP contribution in [0.1, 0.15) is 44.4 Å². The minimum atomic E-state index is 0.423. The molecule has 1 heterocycles. The van der Waals surface area contributed by atoms with Crippen molar-refractivity contribution < 1.29 is 0 Å². The van der Waals surface area contributed by atoms with Gasteiger partial charge in [-0.15, -0.1) is 0 Å². The van der Waals surface area contributed by atoms with Gasteiger partial charge >= 0.3 is 0 Å². The zero-order valence-electron chi connectivity index (χ0n) is 12.4. The van der Waals surface area contributed by atoms with Crippen LogP contribution in [0.3, 0.4) is 0 Å². The number of benzene rings is 1. The van der Waals surface area contributed by atoms with Gasteiger partial charge in [0.25, 0.3) is 0 Å². The van der Waals surface area contributed by atoms with Crippen molar-refractivity contribution in [3.8, 4) is 5.69 Å². The lowest BCUT2D eigenvalue weighted by molar-refractivity contribution is 0.658. The predicted molar refractivity (Wildman–Crippen MR) is 84.7 cm³/mol. The zero-order chi connectivity index (χ0) is 14.5. The Bertz CT molecular complexity index is 543. The molecule has 1 aromatic heterocycles. The Kier molecular flexibility index (Phi) is 5.21. The van der Waals surface area contributed by atoms with E-state index < -0.39 is 0 Å². The van der Waals surface area contributed by atoms with Crippen molar-refractivity contribution in [3.05, 3.63) is 46.7 Å². The maximum atomic E-state index is 5.95. The molecule has 1 aromatic carbocycles. The molecule has 2 rings (SSSR count). The lowest BCUT2D eigenvalue weighted by atomic mass is 10.1. The molecule has 108 valence electrons. The molecule has 0 aliphatic rings. The molecule has 0 aliphatic heterocycles. The van der Waals surface area contributed by atoms with Crippen LogP contribution in [0.4, 0.5) is 0 Å². The standard InChI is InChI=1S/C16H22ClN3/c1-4-9-18-10-13-11-19-20(16(13)12(2)3)15-7-5-14(17)6-8-15/h5-8,11-12,18H,4,9-10H2,1-3H3. The smallest absolute Gasteiger partial charge is 0.0650 e. The van der Waals surface area contributed by atoms with Gasteiger partial charge in [0.05, 0.1) is 17.6 Å². The number of nitrogens with zero attached hydrogens (tertiary/aromatic N) is 2. The molecule has 0 atom stereocenters. The molecule has 1 N–H and O–H groups in total. The number of hydrogen-bond acceptors (Lipinski definition) is 2. The zero-order valence-corrected chi connectivity index (χ0v) is 13.1. The highest BCUT2D eigenvalue weighted by molar-refractivity contribution is 6.30. The summed E-state index contributed by atoms with van der Waals surface area (Å²) in [4.78, 5) is 0. The van der Waals surface area contributed by atoms with Crippen molar-refractivity contribution >= 4 is 11.6 Å². The van der Waals surface area contributed by atoms with Crippen LogP contribution in [0, 0.1) is 0 Å². The third-order valence-electron chi connectivity index (χ3n) is 3.25. The van der Waals surface area contributed by atoms with Crippen molar-refractivity contribution in [1.29, 1.82) is 0 Å². The number of nitrogens with one attached hydrogen (secondary N) is 1. The Morgan fingerprint density at radius 2 is 1.95 bits per heavy atom. The normalized spacial score (nSPS) is 11.2. The summed E-state index contributed by atoms with van der Waals surface area (Å²) in [6.45, 7) is 8.48. The second-order valence-electron chi connectivity index (χ2n) is 5.27. The third-order valence-corrected chi connectivity index (χ3v) is 3.50. The Balaban J connectivity index is 2.31. The average molecular weight is 292 g/mol. The van der Waals surface area contributed by atoms with Gasteiger partial charge in [-0.25, -0.2) is 4.68 Å². The number of aromatic nitrogens is 2. The monoisotopic (exact) mass is 291 g/mol. The van der Waals surface area contributed by atoms with Crippen LogP contribution in [0.5, 0.6) is 0 Å². The van der Waals surface area contributed by atoms with Crippen molar-refractivity contribution in [2.24, 2.45) is 0 Å². The molecule has 0 fully saturated rings. The maximum Gasteiger partial charge on any atom is 0.0650 e. The molecule has 2 aromatic rings. The Morgan fingerprint density at radius 1 is 1.25 bits per heavy atom. The molecule has 0 saturated carbocycles. The first-order chi connectivity index (χ1) is 9.63. The van der Waals surface area contributed by atoms with Crippen LogP contribution in [-0.4, -0.2) is 16.3 Å². The van der Waals surface area contributed by atoms with E-state index in [1.807, 2.05) is 35.1 Å². The maximum absolute atomic E-state index is 5.95. The van der Waals surface area contributed by atoms with E-state index in [4.69, 9.17) is 11.6 Å². The molecular weight excluding hydrogens is 270 g/mol. The fraction of sp³-hybridized carbons (Fsp3) is 0.438. The first-order valence-electron chi connectivity index (χ1n) is 7.17.